The summed E-state index contributed by atoms with van der Waals surface area (Å²) in [5, 5.41) is 0. The normalized spacial score (nSPS) is 17.4. The van der Waals surface area contributed by atoms with Gasteiger partial charge in [0.1, 0.15) is 0 Å². The summed E-state index contributed by atoms with van der Waals surface area (Å²) in [5.74, 6) is -2.07. The number of ether oxygens (including phenoxy) is 1. The number of benzene rings is 1. The van der Waals surface area contributed by atoms with Crippen molar-refractivity contribution in [3.63, 3.8) is 0 Å². The van der Waals surface area contributed by atoms with E-state index in [0.29, 0.717) is 52.5 Å². The van der Waals surface area contributed by atoms with E-state index in [4.69, 9.17) is 4.74 Å². The van der Waals surface area contributed by atoms with Gasteiger partial charge in [0.25, 0.3) is 5.91 Å². The van der Waals surface area contributed by atoms with Crippen LogP contribution in [-0.4, -0.2) is 96.4 Å². The van der Waals surface area contributed by atoms with E-state index in [0.717, 1.165) is 12.1 Å². The highest BCUT2D eigenvalue weighted by atomic mass is 32.2. The summed E-state index contributed by atoms with van der Waals surface area (Å²) < 4.78 is 31.6. The molecule has 0 saturated carbocycles. The van der Waals surface area contributed by atoms with Crippen molar-refractivity contribution in [3.05, 3.63) is 35.4 Å². The predicted octanol–water partition coefficient (Wildman–Crippen LogP) is 0.841. The van der Waals surface area contributed by atoms with Gasteiger partial charge >= 0.3 is 0 Å². The molecule has 29 heavy (non-hydrogen) atoms. The molecule has 1 aromatic rings. The molecule has 158 valence electrons. The number of morpholine rings is 1. The van der Waals surface area contributed by atoms with Gasteiger partial charge in [0.05, 0.1) is 24.7 Å². The molecule has 0 unspecified atom stereocenters. The number of nitrogens with zero attached hydrogens (tertiary/aromatic N) is 3. The molecule has 0 atom stereocenters. The second kappa shape index (κ2) is 10.0. The molecule has 7 nitrogen and oxygen atoms in total. The molecule has 0 spiro atoms. The average Bonchev–Trinajstić information content (AvgIpc) is 2.75. The number of thioether (sulfide) groups is 1. The van der Waals surface area contributed by atoms with Crippen molar-refractivity contribution in [2.24, 2.45) is 0 Å². The van der Waals surface area contributed by atoms with Gasteiger partial charge in [-0.25, -0.2) is 8.78 Å². The zero-order valence-electron chi connectivity index (χ0n) is 15.9. The van der Waals surface area contributed by atoms with Gasteiger partial charge in [-0.05, 0) is 18.2 Å². The Morgan fingerprint density at radius 2 is 1.38 bits per heavy atom. The Kier molecular flexibility index (Phi) is 7.43. The van der Waals surface area contributed by atoms with E-state index >= 15 is 0 Å². The third kappa shape index (κ3) is 5.66. The molecule has 10 heteroatoms. The van der Waals surface area contributed by atoms with Crippen LogP contribution in [0.2, 0.25) is 0 Å². The Morgan fingerprint density at radius 1 is 0.828 bits per heavy atom. The first kappa shape index (κ1) is 21.5. The smallest absolute Gasteiger partial charge is 0.254 e. The first-order chi connectivity index (χ1) is 14.0. The number of hydrogen-bond acceptors (Lipinski definition) is 5. The number of carbonyl (C=O) groups is 3. The van der Waals surface area contributed by atoms with Crippen LogP contribution in [-0.2, 0) is 14.3 Å². The molecule has 3 amide bonds. The minimum Gasteiger partial charge on any atom is -0.378 e. The third-order valence-corrected chi connectivity index (χ3v) is 5.80. The van der Waals surface area contributed by atoms with Crippen LogP contribution in [0, 0.1) is 11.6 Å². The molecule has 0 bridgehead atoms. The third-order valence-electron chi connectivity index (χ3n) is 4.90. The van der Waals surface area contributed by atoms with Gasteiger partial charge in [-0.15, -0.1) is 11.8 Å². The minimum absolute atomic E-state index is 0.00745. The van der Waals surface area contributed by atoms with E-state index in [1.165, 1.54) is 22.7 Å². The van der Waals surface area contributed by atoms with E-state index in [9.17, 15) is 23.2 Å². The first-order valence-corrected chi connectivity index (χ1v) is 10.6. The molecule has 0 N–H and O–H groups in total. The minimum atomic E-state index is -1.06. The van der Waals surface area contributed by atoms with E-state index in [2.05, 4.69) is 0 Å². The van der Waals surface area contributed by atoms with Gasteiger partial charge in [0.15, 0.2) is 11.6 Å². The highest BCUT2D eigenvalue weighted by molar-refractivity contribution is 8.00. The van der Waals surface area contributed by atoms with Crippen LogP contribution in [0.1, 0.15) is 10.4 Å². The van der Waals surface area contributed by atoms with Gasteiger partial charge in [0.2, 0.25) is 11.8 Å². The lowest BCUT2D eigenvalue weighted by molar-refractivity contribution is -0.132. The fourth-order valence-corrected chi connectivity index (χ4v) is 4.01. The van der Waals surface area contributed by atoms with E-state index in [1.54, 1.807) is 9.80 Å². The second-order valence-electron chi connectivity index (χ2n) is 6.79. The topological polar surface area (TPSA) is 70.2 Å². The van der Waals surface area contributed by atoms with Crippen molar-refractivity contribution in [1.82, 2.24) is 14.7 Å². The average molecular weight is 427 g/mol. The maximum Gasteiger partial charge on any atom is 0.254 e. The summed E-state index contributed by atoms with van der Waals surface area (Å²) in [5.41, 5.74) is 0.0841. The van der Waals surface area contributed by atoms with Crippen LogP contribution in [0.5, 0.6) is 0 Å². The van der Waals surface area contributed by atoms with Crippen molar-refractivity contribution in [3.8, 4) is 0 Å². The zero-order chi connectivity index (χ0) is 20.8. The summed E-state index contributed by atoms with van der Waals surface area (Å²) in [7, 11) is 0. The molecule has 0 aliphatic carbocycles. The molecule has 2 aliphatic heterocycles. The molecule has 2 heterocycles. The molecular weight excluding hydrogens is 404 g/mol. The fraction of sp³-hybridized carbons (Fsp3) is 0.526. The number of piperazine rings is 1. The maximum atomic E-state index is 13.3. The van der Waals surface area contributed by atoms with Crippen molar-refractivity contribution >= 4 is 29.5 Å². The Hall–Kier alpha value is -2.20. The fourth-order valence-electron chi connectivity index (χ4n) is 3.19. The van der Waals surface area contributed by atoms with Crippen LogP contribution in [0.3, 0.4) is 0 Å². The summed E-state index contributed by atoms with van der Waals surface area (Å²) in [4.78, 5) is 41.8. The van der Waals surface area contributed by atoms with E-state index in [-0.39, 0.29) is 34.8 Å². The molecular formula is C19H23F2N3O4S. The summed E-state index contributed by atoms with van der Waals surface area (Å²) in [6.45, 7) is 3.63. The lowest BCUT2D eigenvalue weighted by Crippen LogP contribution is -2.51. The van der Waals surface area contributed by atoms with Gasteiger partial charge < -0.3 is 19.4 Å². The van der Waals surface area contributed by atoms with Gasteiger partial charge in [0, 0.05) is 44.8 Å². The molecule has 2 aliphatic rings. The number of halogens is 2. The summed E-state index contributed by atoms with van der Waals surface area (Å²) >= 11 is 1.28. The van der Waals surface area contributed by atoms with Crippen molar-refractivity contribution in [1.29, 1.82) is 0 Å². The Balaban J connectivity index is 1.40. The maximum absolute atomic E-state index is 13.3. The van der Waals surface area contributed by atoms with Crippen LogP contribution in [0.25, 0.3) is 0 Å². The van der Waals surface area contributed by atoms with Crippen LogP contribution in [0.15, 0.2) is 18.2 Å². The molecule has 2 saturated heterocycles. The summed E-state index contributed by atoms with van der Waals surface area (Å²) in [6, 6.07) is 3.06. The van der Waals surface area contributed by atoms with Gasteiger partial charge in [-0.2, -0.15) is 0 Å². The molecule has 0 aromatic heterocycles. The van der Waals surface area contributed by atoms with Crippen molar-refractivity contribution < 1.29 is 27.9 Å². The number of amides is 3. The lowest BCUT2D eigenvalue weighted by atomic mass is 10.1. The predicted molar refractivity (Wildman–Crippen MR) is 104 cm³/mol. The Morgan fingerprint density at radius 3 is 1.97 bits per heavy atom. The van der Waals surface area contributed by atoms with Crippen molar-refractivity contribution in [2.75, 3.05) is 64.0 Å². The van der Waals surface area contributed by atoms with Gasteiger partial charge in [-0.1, -0.05) is 0 Å². The van der Waals surface area contributed by atoms with Crippen molar-refractivity contribution in [2.45, 2.75) is 0 Å². The van der Waals surface area contributed by atoms with E-state index in [1.807, 2.05) is 0 Å². The highest BCUT2D eigenvalue weighted by Gasteiger charge is 2.25. The molecule has 0 radical (unpaired) electrons. The highest BCUT2D eigenvalue weighted by Crippen LogP contribution is 2.14. The first-order valence-electron chi connectivity index (χ1n) is 9.41. The Labute approximate surface area is 171 Å². The second-order valence-corrected chi connectivity index (χ2v) is 7.77. The van der Waals surface area contributed by atoms with Gasteiger partial charge in [-0.3, -0.25) is 14.4 Å². The van der Waals surface area contributed by atoms with E-state index < -0.39 is 11.6 Å². The monoisotopic (exact) mass is 427 g/mol. The number of hydrogen-bond donors (Lipinski definition) is 0. The number of carbonyl (C=O) groups excluding carboxylic acids is 3. The molecule has 2 fully saturated rings. The van der Waals surface area contributed by atoms with Crippen LogP contribution >= 0.6 is 11.8 Å². The lowest BCUT2D eigenvalue weighted by Gasteiger charge is -2.35. The summed E-state index contributed by atoms with van der Waals surface area (Å²) in [6.07, 6.45) is 0. The quantitative estimate of drug-likeness (QED) is 0.697. The standard InChI is InChI=1S/C19H23F2N3O4S/c20-15-2-1-14(11-16(15)21)19(27)24-5-3-22(4-6-24)17(25)12-29-13-18(26)23-7-9-28-10-8-23/h1-2,11H,3-10,12-13H2. The number of rotatable bonds is 5. The SMILES string of the molecule is O=C(CSCC(=O)N1CCN(C(=O)c2ccc(F)c(F)c2)CC1)N1CCOCC1. The van der Waals surface area contributed by atoms with Crippen LogP contribution in [0.4, 0.5) is 8.78 Å². The molecule has 1 aromatic carbocycles. The van der Waals surface area contributed by atoms with Crippen LogP contribution < -0.4 is 0 Å². The largest absolute Gasteiger partial charge is 0.378 e. The Bertz CT molecular complexity index is 766. The molecule has 3 rings (SSSR count). The zero-order valence-corrected chi connectivity index (χ0v) is 16.8.